The minimum absolute atomic E-state index is 0.0649. The Morgan fingerprint density at radius 1 is 1.20 bits per heavy atom. The average molecular weight is 343 g/mol. The summed E-state index contributed by atoms with van der Waals surface area (Å²) in [6, 6.07) is 11.9. The van der Waals surface area contributed by atoms with E-state index in [0.29, 0.717) is 12.1 Å². The number of ether oxygens (including phenoxy) is 2. The lowest BCUT2D eigenvalue weighted by Gasteiger charge is -2.27. The Labute approximate surface area is 147 Å². The summed E-state index contributed by atoms with van der Waals surface area (Å²) < 4.78 is 24.6. The molecule has 1 aliphatic heterocycles. The number of hydrogen-bond donors (Lipinski definition) is 0. The number of benzene rings is 2. The fraction of sp³-hybridized carbons (Fsp3) is 0.350. The topological polar surface area (TPSA) is 38.8 Å². The minimum Gasteiger partial charge on any atom is -0.497 e. The van der Waals surface area contributed by atoms with E-state index >= 15 is 0 Å². The van der Waals surface area contributed by atoms with Crippen LogP contribution < -0.4 is 9.47 Å². The van der Waals surface area contributed by atoms with E-state index in [-0.39, 0.29) is 24.2 Å². The van der Waals surface area contributed by atoms with Gasteiger partial charge in [0.1, 0.15) is 17.3 Å². The van der Waals surface area contributed by atoms with E-state index < -0.39 is 0 Å². The molecule has 1 fully saturated rings. The van der Waals surface area contributed by atoms with Crippen molar-refractivity contribution in [1.29, 1.82) is 0 Å². The van der Waals surface area contributed by atoms with Gasteiger partial charge in [-0.15, -0.1) is 0 Å². The molecular formula is C20H22FNO3. The van der Waals surface area contributed by atoms with Crippen molar-refractivity contribution in [2.45, 2.75) is 25.3 Å². The molecule has 0 N–H and O–H groups in total. The largest absolute Gasteiger partial charge is 0.497 e. The van der Waals surface area contributed by atoms with Gasteiger partial charge in [0.05, 0.1) is 26.7 Å². The molecule has 0 aromatic heterocycles. The van der Waals surface area contributed by atoms with Crippen molar-refractivity contribution in [3.63, 3.8) is 0 Å². The molecule has 2 aromatic carbocycles. The second kappa shape index (κ2) is 7.55. The lowest BCUT2D eigenvalue weighted by Crippen LogP contribution is -2.32. The maximum atomic E-state index is 13.9. The van der Waals surface area contributed by atoms with E-state index in [0.717, 1.165) is 29.9 Å². The summed E-state index contributed by atoms with van der Waals surface area (Å²) in [4.78, 5) is 14.6. The highest BCUT2D eigenvalue weighted by Gasteiger charge is 2.32. The minimum atomic E-state index is -0.342. The molecule has 3 rings (SSSR count). The van der Waals surface area contributed by atoms with Crippen LogP contribution in [0.2, 0.25) is 0 Å². The van der Waals surface area contributed by atoms with Crippen molar-refractivity contribution in [2.24, 2.45) is 0 Å². The van der Waals surface area contributed by atoms with E-state index in [9.17, 15) is 9.18 Å². The van der Waals surface area contributed by atoms with E-state index in [1.54, 1.807) is 32.4 Å². The molecule has 4 nitrogen and oxygen atoms in total. The lowest BCUT2D eigenvalue weighted by atomic mass is 10.0. The summed E-state index contributed by atoms with van der Waals surface area (Å²) >= 11 is 0. The molecule has 1 heterocycles. The maximum Gasteiger partial charge on any atom is 0.227 e. The van der Waals surface area contributed by atoms with Crippen LogP contribution in [0.1, 0.15) is 30.0 Å². The number of nitrogens with zero attached hydrogens (tertiary/aromatic N) is 1. The van der Waals surface area contributed by atoms with Gasteiger partial charge in [-0.05, 0) is 42.7 Å². The van der Waals surface area contributed by atoms with E-state index in [4.69, 9.17) is 9.47 Å². The van der Waals surface area contributed by atoms with Gasteiger partial charge in [-0.2, -0.15) is 0 Å². The van der Waals surface area contributed by atoms with Gasteiger partial charge in [0, 0.05) is 12.1 Å². The van der Waals surface area contributed by atoms with Crippen molar-refractivity contribution >= 4 is 5.91 Å². The number of likely N-dealkylation sites (tertiary alicyclic amines) is 1. The number of methoxy groups -OCH3 is 2. The zero-order valence-electron chi connectivity index (χ0n) is 14.5. The Morgan fingerprint density at radius 3 is 2.72 bits per heavy atom. The first-order chi connectivity index (χ1) is 12.1. The predicted molar refractivity (Wildman–Crippen MR) is 93.3 cm³/mol. The second-order valence-electron chi connectivity index (χ2n) is 6.12. The molecular weight excluding hydrogens is 321 g/mol. The summed E-state index contributed by atoms with van der Waals surface area (Å²) in [5.74, 6) is 1.05. The van der Waals surface area contributed by atoms with Crippen LogP contribution in [0.25, 0.3) is 0 Å². The third kappa shape index (κ3) is 3.60. The summed E-state index contributed by atoms with van der Waals surface area (Å²) in [5.41, 5.74) is 1.36. The number of rotatable bonds is 5. The third-order valence-electron chi connectivity index (χ3n) is 4.67. The van der Waals surface area contributed by atoms with Crippen LogP contribution in [0.3, 0.4) is 0 Å². The summed E-state index contributed by atoms with van der Waals surface area (Å²) in [6.07, 6.45) is 1.83. The standard InChI is InChI=1S/C20H22FNO3/c1-24-15-9-10-19(25-2)16(13-15)18-8-5-11-22(18)20(23)12-14-6-3-4-7-17(14)21/h3-4,6-7,9-10,13,18H,5,8,11-12H2,1-2H3/t18-/m0/s1. The Morgan fingerprint density at radius 2 is 2.00 bits per heavy atom. The molecule has 1 saturated heterocycles. The summed E-state index contributed by atoms with van der Waals surface area (Å²) in [6.45, 7) is 0.665. The highest BCUT2D eigenvalue weighted by molar-refractivity contribution is 5.79. The molecule has 0 saturated carbocycles. The lowest BCUT2D eigenvalue weighted by molar-refractivity contribution is -0.131. The molecule has 0 unspecified atom stereocenters. The highest BCUT2D eigenvalue weighted by Crippen LogP contribution is 2.39. The molecule has 0 bridgehead atoms. The Balaban J connectivity index is 1.85. The van der Waals surface area contributed by atoms with Crippen molar-refractivity contribution < 1.29 is 18.7 Å². The Bertz CT molecular complexity index is 762. The number of amides is 1. The fourth-order valence-electron chi connectivity index (χ4n) is 3.39. The van der Waals surface area contributed by atoms with Crippen LogP contribution in [0.4, 0.5) is 4.39 Å². The van der Waals surface area contributed by atoms with E-state index in [1.165, 1.54) is 6.07 Å². The number of carbonyl (C=O) groups is 1. The van der Waals surface area contributed by atoms with Gasteiger partial charge in [0.25, 0.3) is 0 Å². The van der Waals surface area contributed by atoms with Gasteiger partial charge < -0.3 is 14.4 Å². The van der Waals surface area contributed by atoms with Crippen LogP contribution in [-0.4, -0.2) is 31.6 Å². The van der Waals surface area contributed by atoms with Gasteiger partial charge in [0.2, 0.25) is 5.91 Å². The van der Waals surface area contributed by atoms with Crippen LogP contribution in [0.5, 0.6) is 11.5 Å². The fourth-order valence-corrected chi connectivity index (χ4v) is 3.39. The van der Waals surface area contributed by atoms with Gasteiger partial charge in [-0.25, -0.2) is 4.39 Å². The van der Waals surface area contributed by atoms with Gasteiger partial charge in [0.15, 0.2) is 0 Å². The second-order valence-corrected chi connectivity index (χ2v) is 6.12. The van der Waals surface area contributed by atoms with Crippen molar-refractivity contribution in [1.82, 2.24) is 4.90 Å². The maximum absolute atomic E-state index is 13.9. The first kappa shape index (κ1) is 17.3. The molecule has 0 spiro atoms. The highest BCUT2D eigenvalue weighted by atomic mass is 19.1. The molecule has 25 heavy (non-hydrogen) atoms. The monoisotopic (exact) mass is 343 g/mol. The van der Waals surface area contributed by atoms with Gasteiger partial charge >= 0.3 is 0 Å². The van der Waals surface area contributed by atoms with Gasteiger partial charge in [-0.1, -0.05) is 18.2 Å². The number of hydrogen-bond acceptors (Lipinski definition) is 3. The zero-order valence-corrected chi connectivity index (χ0v) is 14.5. The number of halogens is 1. The van der Waals surface area contributed by atoms with Crippen LogP contribution in [0, 0.1) is 5.82 Å². The van der Waals surface area contributed by atoms with Crippen molar-refractivity contribution in [2.75, 3.05) is 20.8 Å². The van der Waals surface area contributed by atoms with E-state index in [2.05, 4.69) is 0 Å². The van der Waals surface area contributed by atoms with Crippen LogP contribution in [-0.2, 0) is 11.2 Å². The zero-order chi connectivity index (χ0) is 17.8. The van der Waals surface area contributed by atoms with Crippen LogP contribution >= 0.6 is 0 Å². The quantitative estimate of drug-likeness (QED) is 0.830. The summed E-state index contributed by atoms with van der Waals surface area (Å²) in [7, 11) is 3.23. The molecule has 5 heteroatoms. The average Bonchev–Trinajstić information content (AvgIpc) is 3.12. The predicted octanol–water partition coefficient (Wildman–Crippen LogP) is 3.75. The van der Waals surface area contributed by atoms with E-state index in [1.807, 2.05) is 23.1 Å². The summed E-state index contributed by atoms with van der Waals surface area (Å²) in [5, 5.41) is 0. The Hall–Kier alpha value is -2.56. The SMILES string of the molecule is COc1ccc(OC)c([C@@H]2CCCN2C(=O)Cc2ccccc2F)c1. The first-order valence-electron chi connectivity index (χ1n) is 8.39. The normalized spacial score (nSPS) is 16.8. The molecule has 1 aliphatic rings. The molecule has 1 atom stereocenters. The Kier molecular flexibility index (Phi) is 5.22. The van der Waals surface area contributed by atoms with Crippen molar-refractivity contribution in [3.05, 3.63) is 59.4 Å². The van der Waals surface area contributed by atoms with Gasteiger partial charge in [-0.3, -0.25) is 4.79 Å². The third-order valence-corrected chi connectivity index (χ3v) is 4.67. The smallest absolute Gasteiger partial charge is 0.227 e. The molecule has 1 amide bonds. The number of carbonyl (C=O) groups excluding carboxylic acids is 1. The van der Waals surface area contributed by atoms with Crippen LogP contribution in [0.15, 0.2) is 42.5 Å². The molecule has 2 aromatic rings. The molecule has 0 aliphatic carbocycles. The van der Waals surface area contributed by atoms with Crippen molar-refractivity contribution in [3.8, 4) is 11.5 Å². The first-order valence-corrected chi connectivity index (χ1v) is 8.39. The molecule has 0 radical (unpaired) electrons. The molecule has 132 valence electrons.